The molecule has 1 aromatic rings. The molecule has 1 aromatic carbocycles. The zero-order valence-corrected chi connectivity index (χ0v) is 14.5. The Hall–Kier alpha value is -1.30. The molecule has 23 heavy (non-hydrogen) atoms. The minimum atomic E-state index is -0.0522. The Bertz CT molecular complexity index is 581. The van der Waals surface area contributed by atoms with E-state index in [0.29, 0.717) is 17.7 Å². The minimum absolute atomic E-state index is 0.0522. The number of ether oxygens (including phenoxy) is 1. The van der Waals surface area contributed by atoms with Crippen LogP contribution in [0.5, 0.6) is 0 Å². The van der Waals surface area contributed by atoms with Gasteiger partial charge in [0.15, 0.2) is 0 Å². The van der Waals surface area contributed by atoms with Gasteiger partial charge in [0.05, 0.1) is 6.61 Å². The van der Waals surface area contributed by atoms with Crippen molar-refractivity contribution in [3.8, 4) is 0 Å². The summed E-state index contributed by atoms with van der Waals surface area (Å²) in [5.74, 6) is 0. The lowest BCUT2D eigenvalue weighted by atomic mass is 10.1. The van der Waals surface area contributed by atoms with Gasteiger partial charge in [-0.15, -0.1) is 0 Å². The summed E-state index contributed by atoms with van der Waals surface area (Å²) in [6.45, 7) is 5.41. The Morgan fingerprint density at radius 3 is 3.04 bits per heavy atom. The second-order valence-corrected chi connectivity index (χ2v) is 6.83. The van der Waals surface area contributed by atoms with Gasteiger partial charge in [-0.2, -0.15) is 0 Å². The number of urea groups is 1. The van der Waals surface area contributed by atoms with Crippen molar-refractivity contribution in [2.24, 2.45) is 0 Å². The number of nitrogens with one attached hydrogen (secondary N) is 1. The summed E-state index contributed by atoms with van der Waals surface area (Å²) in [5.41, 5.74) is 1.54. The number of carbonyl (C=O) groups is 1. The van der Waals surface area contributed by atoms with E-state index in [0.717, 1.165) is 30.9 Å². The topological polar surface area (TPSA) is 44.8 Å². The van der Waals surface area contributed by atoms with Crippen LogP contribution in [-0.4, -0.2) is 54.7 Å². The first-order valence-corrected chi connectivity index (χ1v) is 8.56. The first kappa shape index (κ1) is 16.6. The van der Waals surface area contributed by atoms with Gasteiger partial charge in [-0.05, 0) is 38.4 Å². The number of hydrogen-bond donors (Lipinski definition) is 1. The predicted octanol–water partition coefficient (Wildman–Crippen LogP) is 3.19. The Kier molecular flexibility index (Phi) is 5.09. The molecule has 2 atom stereocenters. The molecule has 0 aromatic heterocycles. The number of rotatable bonds is 3. The van der Waals surface area contributed by atoms with E-state index < -0.39 is 0 Å². The summed E-state index contributed by atoms with van der Waals surface area (Å²) in [6.07, 6.45) is 2.42. The molecule has 0 radical (unpaired) electrons. The van der Waals surface area contributed by atoms with Crippen LogP contribution in [0.15, 0.2) is 18.2 Å². The van der Waals surface area contributed by atoms with Crippen molar-refractivity contribution in [2.45, 2.75) is 38.5 Å². The quantitative estimate of drug-likeness (QED) is 0.921. The zero-order chi connectivity index (χ0) is 16.4. The molecule has 0 bridgehead atoms. The number of nitrogens with zero attached hydrogens (tertiary/aromatic N) is 2. The first-order chi connectivity index (χ1) is 11.1. The highest BCUT2D eigenvalue weighted by molar-refractivity contribution is 6.31. The summed E-state index contributed by atoms with van der Waals surface area (Å²) < 4.78 is 5.20. The minimum Gasteiger partial charge on any atom is -0.380 e. The number of halogens is 1. The van der Waals surface area contributed by atoms with Gasteiger partial charge < -0.3 is 15.0 Å². The van der Waals surface area contributed by atoms with Gasteiger partial charge in [0.1, 0.15) is 0 Å². The highest BCUT2D eigenvalue weighted by atomic mass is 35.5. The van der Waals surface area contributed by atoms with E-state index in [1.807, 2.05) is 23.1 Å². The molecule has 2 heterocycles. The van der Waals surface area contributed by atoms with Crippen LogP contribution in [0.4, 0.5) is 10.5 Å². The van der Waals surface area contributed by atoms with E-state index >= 15 is 0 Å². The van der Waals surface area contributed by atoms with Gasteiger partial charge in [0.2, 0.25) is 0 Å². The van der Waals surface area contributed by atoms with E-state index in [1.165, 1.54) is 12.8 Å². The summed E-state index contributed by atoms with van der Waals surface area (Å²) in [4.78, 5) is 17.2. The SMILES string of the molecule is COCc1c(Cl)cccc1NC(=O)N1C[C@@H]2CCCN2C[C@@H]1C. The second-order valence-electron chi connectivity index (χ2n) is 6.42. The molecule has 5 nitrogen and oxygen atoms in total. The average Bonchev–Trinajstić information content (AvgIpc) is 2.97. The average molecular weight is 338 g/mol. The smallest absolute Gasteiger partial charge is 0.322 e. The lowest BCUT2D eigenvalue weighted by Gasteiger charge is -2.42. The van der Waals surface area contributed by atoms with E-state index in [-0.39, 0.29) is 12.1 Å². The summed E-state index contributed by atoms with van der Waals surface area (Å²) >= 11 is 6.23. The van der Waals surface area contributed by atoms with E-state index in [4.69, 9.17) is 16.3 Å². The molecule has 126 valence electrons. The Morgan fingerprint density at radius 1 is 1.43 bits per heavy atom. The highest BCUT2D eigenvalue weighted by Gasteiger charge is 2.36. The van der Waals surface area contributed by atoms with Gasteiger partial charge in [0.25, 0.3) is 0 Å². The third kappa shape index (κ3) is 3.47. The van der Waals surface area contributed by atoms with Crippen LogP contribution in [0.1, 0.15) is 25.3 Å². The van der Waals surface area contributed by atoms with Crippen LogP contribution in [0.2, 0.25) is 5.02 Å². The molecule has 2 aliphatic heterocycles. The fourth-order valence-corrected chi connectivity index (χ4v) is 3.85. The molecule has 1 N–H and O–H groups in total. The van der Waals surface area contributed by atoms with Crippen LogP contribution in [0, 0.1) is 0 Å². The van der Waals surface area contributed by atoms with Gasteiger partial charge in [-0.3, -0.25) is 4.90 Å². The molecule has 0 spiro atoms. The molecular weight excluding hydrogens is 314 g/mol. The Morgan fingerprint density at radius 2 is 2.26 bits per heavy atom. The lowest BCUT2D eigenvalue weighted by molar-refractivity contribution is 0.0861. The molecule has 2 saturated heterocycles. The molecule has 3 rings (SSSR count). The number of methoxy groups -OCH3 is 1. The standard InChI is InChI=1S/C17H24ClN3O2/c1-12-9-20-8-4-5-13(20)10-21(12)17(22)19-16-7-3-6-15(18)14(16)11-23-2/h3,6-7,12-13H,4-5,8-11H2,1-2H3,(H,19,22)/t12-,13-/m0/s1. The lowest BCUT2D eigenvalue weighted by Crippen LogP contribution is -2.57. The number of benzene rings is 1. The third-order valence-electron chi connectivity index (χ3n) is 4.85. The Labute approximate surface area is 142 Å². The third-order valence-corrected chi connectivity index (χ3v) is 5.20. The van der Waals surface area contributed by atoms with Crippen LogP contribution < -0.4 is 5.32 Å². The molecule has 0 aliphatic carbocycles. The van der Waals surface area contributed by atoms with E-state index in [9.17, 15) is 4.79 Å². The number of piperazine rings is 1. The number of fused-ring (bicyclic) bond motifs is 1. The number of amides is 2. The molecule has 0 unspecified atom stereocenters. The molecule has 6 heteroatoms. The maximum Gasteiger partial charge on any atom is 0.322 e. The molecule has 2 aliphatic rings. The largest absolute Gasteiger partial charge is 0.380 e. The second kappa shape index (κ2) is 7.07. The normalized spacial score (nSPS) is 24.6. The van der Waals surface area contributed by atoms with Gasteiger partial charge in [0, 0.05) is 48.6 Å². The van der Waals surface area contributed by atoms with Crippen LogP contribution in [-0.2, 0) is 11.3 Å². The van der Waals surface area contributed by atoms with Gasteiger partial charge in [-0.1, -0.05) is 17.7 Å². The predicted molar refractivity (Wildman–Crippen MR) is 91.9 cm³/mol. The zero-order valence-electron chi connectivity index (χ0n) is 13.7. The van der Waals surface area contributed by atoms with Gasteiger partial charge >= 0.3 is 6.03 Å². The van der Waals surface area contributed by atoms with Crippen molar-refractivity contribution in [3.63, 3.8) is 0 Å². The van der Waals surface area contributed by atoms with Crippen LogP contribution in [0.25, 0.3) is 0 Å². The fourth-order valence-electron chi connectivity index (χ4n) is 3.62. The molecule has 2 amide bonds. The molecule has 0 saturated carbocycles. The monoisotopic (exact) mass is 337 g/mol. The van der Waals surface area contributed by atoms with Crippen molar-refractivity contribution < 1.29 is 9.53 Å². The first-order valence-electron chi connectivity index (χ1n) is 8.18. The molecule has 2 fully saturated rings. The van der Waals surface area contributed by atoms with E-state index in [2.05, 4.69) is 17.1 Å². The summed E-state index contributed by atoms with van der Waals surface area (Å²) in [6, 6.07) is 6.20. The number of hydrogen-bond acceptors (Lipinski definition) is 3. The highest BCUT2D eigenvalue weighted by Crippen LogP contribution is 2.28. The number of carbonyl (C=O) groups excluding carboxylic acids is 1. The van der Waals surface area contributed by atoms with Crippen LogP contribution >= 0.6 is 11.6 Å². The Balaban J connectivity index is 1.73. The summed E-state index contributed by atoms with van der Waals surface area (Å²) in [7, 11) is 1.62. The maximum absolute atomic E-state index is 12.7. The van der Waals surface area contributed by atoms with Gasteiger partial charge in [-0.25, -0.2) is 4.79 Å². The van der Waals surface area contributed by atoms with Crippen LogP contribution in [0.3, 0.4) is 0 Å². The molecular formula is C17H24ClN3O2. The van der Waals surface area contributed by atoms with Crippen molar-refractivity contribution >= 4 is 23.3 Å². The van der Waals surface area contributed by atoms with E-state index in [1.54, 1.807) is 7.11 Å². The van der Waals surface area contributed by atoms with Crippen molar-refractivity contribution in [2.75, 3.05) is 32.1 Å². The van der Waals surface area contributed by atoms with Crippen molar-refractivity contribution in [1.82, 2.24) is 9.80 Å². The number of anilines is 1. The summed E-state index contributed by atoms with van der Waals surface area (Å²) in [5, 5.41) is 3.63. The maximum atomic E-state index is 12.7. The van der Waals surface area contributed by atoms with Crippen molar-refractivity contribution in [1.29, 1.82) is 0 Å². The fraction of sp³-hybridized carbons (Fsp3) is 0.588. The van der Waals surface area contributed by atoms with Crippen molar-refractivity contribution in [3.05, 3.63) is 28.8 Å².